The molecule has 8 heteroatoms. The predicted molar refractivity (Wildman–Crippen MR) is 99.8 cm³/mol. The summed E-state index contributed by atoms with van der Waals surface area (Å²) >= 11 is 0. The number of ether oxygens (including phenoxy) is 1. The van der Waals surface area contributed by atoms with Gasteiger partial charge in [-0.1, -0.05) is 29.8 Å². The highest BCUT2D eigenvalue weighted by Gasteiger charge is 2.10. The van der Waals surface area contributed by atoms with Gasteiger partial charge >= 0.3 is 6.61 Å². The molecule has 0 aliphatic heterocycles. The maximum atomic E-state index is 12.6. The number of rotatable bonds is 7. The Morgan fingerprint density at radius 3 is 2.59 bits per heavy atom. The third kappa shape index (κ3) is 6.25. The molecule has 0 aliphatic rings. The molecule has 0 unspecified atom stereocenters. The topological polar surface area (TPSA) is 88.7 Å². The first-order valence-electron chi connectivity index (χ1n) is 8.26. The Morgan fingerprint density at radius 2 is 1.93 bits per heavy atom. The van der Waals surface area contributed by atoms with Crippen molar-refractivity contribution in [2.45, 2.75) is 26.6 Å². The number of hydrogen-bond donors (Lipinski definition) is 3. The van der Waals surface area contributed by atoms with E-state index in [1.165, 1.54) is 6.07 Å². The van der Waals surface area contributed by atoms with E-state index in [-0.39, 0.29) is 12.3 Å². The van der Waals surface area contributed by atoms with E-state index in [0.717, 1.165) is 11.1 Å². The van der Waals surface area contributed by atoms with Crippen LogP contribution in [0.4, 0.5) is 8.78 Å². The highest BCUT2D eigenvalue weighted by atomic mass is 19.3. The number of nitrogens with zero attached hydrogens (tertiary/aromatic N) is 1. The van der Waals surface area contributed by atoms with Crippen LogP contribution >= 0.6 is 0 Å². The van der Waals surface area contributed by atoms with E-state index in [1.807, 2.05) is 13.0 Å². The number of primary amides is 1. The van der Waals surface area contributed by atoms with E-state index in [9.17, 15) is 13.6 Å². The van der Waals surface area contributed by atoms with Gasteiger partial charge in [0.1, 0.15) is 5.75 Å². The van der Waals surface area contributed by atoms with Crippen molar-refractivity contribution in [3.8, 4) is 5.75 Å². The van der Waals surface area contributed by atoms with Crippen molar-refractivity contribution in [2.75, 3.05) is 7.05 Å². The Morgan fingerprint density at radius 1 is 1.19 bits per heavy atom. The zero-order valence-corrected chi connectivity index (χ0v) is 15.1. The number of alkyl halides is 2. The number of aryl methyl sites for hydroxylation is 1. The Balaban J connectivity index is 1.99. The number of nitrogens with one attached hydrogen (secondary N) is 2. The van der Waals surface area contributed by atoms with Gasteiger partial charge in [0, 0.05) is 31.3 Å². The molecule has 2 aromatic carbocycles. The molecular weight excluding hydrogens is 354 g/mol. The Bertz CT molecular complexity index is 825. The van der Waals surface area contributed by atoms with Gasteiger partial charge in [-0.3, -0.25) is 9.79 Å². The van der Waals surface area contributed by atoms with Crippen LogP contribution in [-0.4, -0.2) is 25.5 Å². The molecule has 0 aliphatic carbocycles. The highest BCUT2D eigenvalue weighted by molar-refractivity contribution is 5.92. The molecule has 2 rings (SSSR count). The Hall–Kier alpha value is -3.16. The molecule has 0 atom stereocenters. The fraction of sp³-hybridized carbons (Fsp3) is 0.263. The van der Waals surface area contributed by atoms with Crippen molar-refractivity contribution in [1.29, 1.82) is 0 Å². The summed E-state index contributed by atoms with van der Waals surface area (Å²) in [5.74, 6) is 0.0991. The van der Waals surface area contributed by atoms with Crippen molar-refractivity contribution in [3.63, 3.8) is 0 Å². The van der Waals surface area contributed by atoms with Crippen LogP contribution in [-0.2, 0) is 13.1 Å². The fourth-order valence-corrected chi connectivity index (χ4v) is 2.48. The molecule has 2 aromatic rings. The number of carbonyl (C=O) groups excluding carboxylic acids is 1. The smallest absolute Gasteiger partial charge is 0.387 e. The third-order valence-electron chi connectivity index (χ3n) is 3.77. The van der Waals surface area contributed by atoms with Crippen molar-refractivity contribution in [3.05, 3.63) is 64.7 Å². The lowest BCUT2D eigenvalue weighted by molar-refractivity contribution is -0.0504. The average molecular weight is 376 g/mol. The monoisotopic (exact) mass is 376 g/mol. The molecule has 0 radical (unpaired) electrons. The van der Waals surface area contributed by atoms with E-state index in [4.69, 9.17) is 5.73 Å². The second kappa shape index (κ2) is 9.51. The van der Waals surface area contributed by atoms with Gasteiger partial charge in [-0.2, -0.15) is 8.78 Å². The summed E-state index contributed by atoms with van der Waals surface area (Å²) in [6, 6.07) is 11.9. The number of guanidine groups is 1. The number of hydrogen-bond acceptors (Lipinski definition) is 3. The van der Waals surface area contributed by atoms with Gasteiger partial charge in [0.15, 0.2) is 5.96 Å². The Kier molecular flexibility index (Phi) is 7.10. The highest BCUT2D eigenvalue weighted by Crippen LogP contribution is 2.21. The second-order valence-corrected chi connectivity index (χ2v) is 5.83. The zero-order valence-electron chi connectivity index (χ0n) is 15.1. The maximum absolute atomic E-state index is 12.6. The molecule has 0 bridgehead atoms. The summed E-state index contributed by atoms with van der Waals surface area (Å²) in [5.41, 5.74) is 8.07. The summed E-state index contributed by atoms with van der Waals surface area (Å²) < 4.78 is 29.7. The second-order valence-electron chi connectivity index (χ2n) is 5.83. The van der Waals surface area contributed by atoms with Crippen molar-refractivity contribution in [1.82, 2.24) is 10.6 Å². The lowest BCUT2D eigenvalue weighted by Gasteiger charge is -2.15. The molecule has 4 N–H and O–H groups in total. The fourth-order valence-electron chi connectivity index (χ4n) is 2.48. The number of aliphatic imine (C=N–C) groups is 1. The van der Waals surface area contributed by atoms with Gasteiger partial charge in [-0.25, -0.2) is 0 Å². The molecule has 0 spiro atoms. The van der Waals surface area contributed by atoms with E-state index >= 15 is 0 Å². The predicted octanol–water partition coefficient (Wildman–Crippen LogP) is 2.56. The normalized spacial score (nSPS) is 11.4. The molecule has 1 amide bonds. The van der Waals surface area contributed by atoms with E-state index in [2.05, 4.69) is 20.4 Å². The van der Waals surface area contributed by atoms with Gasteiger partial charge in [-0.05, 0) is 30.7 Å². The van der Waals surface area contributed by atoms with Crippen molar-refractivity contribution < 1.29 is 18.3 Å². The van der Waals surface area contributed by atoms with Crippen LogP contribution in [0.15, 0.2) is 47.5 Å². The van der Waals surface area contributed by atoms with Crippen molar-refractivity contribution >= 4 is 11.9 Å². The standard InChI is InChI=1S/C19H22F2N4O2/c1-12-6-7-16(27-18(20)21)15(8-12)11-25-19(23-2)24-10-13-4-3-5-14(9-13)17(22)26/h3-9,18H,10-11H2,1-2H3,(H2,22,26)(H2,23,24,25). The third-order valence-corrected chi connectivity index (χ3v) is 3.77. The lowest BCUT2D eigenvalue weighted by atomic mass is 10.1. The lowest BCUT2D eigenvalue weighted by Crippen LogP contribution is -2.36. The molecule has 0 heterocycles. The van der Waals surface area contributed by atoms with E-state index < -0.39 is 12.5 Å². The van der Waals surface area contributed by atoms with Gasteiger partial charge in [0.25, 0.3) is 0 Å². The molecular formula is C19H22F2N4O2. The van der Waals surface area contributed by atoms with Gasteiger partial charge < -0.3 is 21.1 Å². The number of benzene rings is 2. The van der Waals surface area contributed by atoms with Crippen LogP contribution < -0.4 is 21.1 Å². The van der Waals surface area contributed by atoms with Crippen LogP contribution in [0.1, 0.15) is 27.0 Å². The van der Waals surface area contributed by atoms with Crippen LogP contribution in [0.2, 0.25) is 0 Å². The summed E-state index contributed by atoms with van der Waals surface area (Å²) in [6.45, 7) is -0.352. The van der Waals surface area contributed by atoms with E-state index in [0.29, 0.717) is 23.6 Å². The molecule has 27 heavy (non-hydrogen) atoms. The van der Waals surface area contributed by atoms with Crippen LogP contribution in [0.5, 0.6) is 5.75 Å². The molecule has 144 valence electrons. The minimum atomic E-state index is -2.89. The summed E-state index contributed by atoms with van der Waals surface area (Å²) in [4.78, 5) is 15.3. The number of halogens is 2. The SMILES string of the molecule is CN=C(NCc1cccc(C(N)=O)c1)NCc1cc(C)ccc1OC(F)F. The zero-order chi connectivity index (χ0) is 19.8. The van der Waals surface area contributed by atoms with Gasteiger partial charge in [0.05, 0.1) is 0 Å². The number of amides is 1. The largest absolute Gasteiger partial charge is 0.434 e. The molecule has 0 aromatic heterocycles. The first-order valence-corrected chi connectivity index (χ1v) is 8.26. The molecule has 0 saturated carbocycles. The number of nitrogens with two attached hydrogens (primary N) is 1. The van der Waals surface area contributed by atoms with Crippen LogP contribution in [0, 0.1) is 6.92 Å². The average Bonchev–Trinajstić information content (AvgIpc) is 2.63. The Labute approximate surface area is 156 Å². The van der Waals surface area contributed by atoms with Crippen LogP contribution in [0.25, 0.3) is 0 Å². The minimum Gasteiger partial charge on any atom is -0.434 e. The first-order chi connectivity index (χ1) is 12.9. The molecule has 0 fully saturated rings. The van der Waals surface area contributed by atoms with Crippen LogP contribution in [0.3, 0.4) is 0 Å². The summed E-state index contributed by atoms with van der Waals surface area (Å²) in [6.07, 6.45) is 0. The summed E-state index contributed by atoms with van der Waals surface area (Å²) in [7, 11) is 1.60. The number of carbonyl (C=O) groups is 1. The minimum absolute atomic E-state index is 0.118. The summed E-state index contributed by atoms with van der Waals surface area (Å²) in [5, 5.41) is 6.15. The quantitative estimate of drug-likeness (QED) is 0.512. The first kappa shape index (κ1) is 20.2. The van der Waals surface area contributed by atoms with Gasteiger partial charge in [0.2, 0.25) is 5.91 Å². The maximum Gasteiger partial charge on any atom is 0.387 e. The van der Waals surface area contributed by atoms with Crippen molar-refractivity contribution in [2.24, 2.45) is 10.7 Å². The molecule has 0 saturated heterocycles. The molecule has 6 nitrogen and oxygen atoms in total. The van der Waals surface area contributed by atoms with E-state index in [1.54, 1.807) is 37.4 Å². The van der Waals surface area contributed by atoms with Gasteiger partial charge in [-0.15, -0.1) is 0 Å².